The highest BCUT2D eigenvalue weighted by Gasteiger charge is 2.29. The molecule has 2 nitrogen and oxygen atoms in total. The zero-order valence-electron chi connectivity index (χ0n) is 10.0. The molecule has 102 valence electrons. The molecule has 0 amide bonds. The lowest BCUT2D eigenvalue weighted by atomic mass is 10.0. The van der Waals surface area contributed by atoms with E-state index in [0.29, 0.717) is 5.56 Å². The largest absolute Gasteiger partial charge is 0.416 e. The Morgan fingerprint density at radius 3 is 2.40 bits per heavy atom. The molecule has 0 bridgehead atoms. The van der Waals surface area contributed by atoms with E-state index in [4.69, 9.17) is 0 Å². The van der Waals surface area contributed by atoms with Gasteiger partial charge in [-0.05, 0) is 46.4 Å². The first-order valence-electron chi connectivity index (χ1n) is 5.75. The fourth-order valence-corrected chi connectivity index (χ4v) is 2.55. The molecular weight excluding hydrogens is 380 g/mol. The van der Waals surface area contributed by atoms with Crippen LogP contribution in [0.15, 0.2) is 42.7 Å². The highest BCUT2D eigenvalue weighted by Crippen LogP contribution is 2.31. The first-order chi connectivity index (χ1) is 9.45. The summed E-state index contributed by atoms with van der Waals surface area (Å²) in [5.74, 6) is 0. The number of alkyl halides is 3. The third-order valence-corrected chi connectivity index (χ3v) is 3.92. The molecule has 0 atom stereocenters. The van der Waals surface area contributed by atoms with Crippen LogP contribution in [0.3, 0.4) is 0 Å². The van der Waals surface area contributed by atoms with Crippen molar-refractivity contribution in [2.24, 2.45) is 0 Å². The smallest absolute Gasteiger partial charge is 0.345 e. The summed E-state index contributed by atoms with van der Waals surface area (Å²) in [6, 6.07) is 7.02. The first-order valence-corrected chi connectivity index (χ1v) is 6.83. The van der Waals surface area contributed by atoms with Gasteiger partial charge in [-0.2, -0.15) is 13.2 Å². The Labute approximate surface area is 126 Å². The molecule has 0 saturated heterocycles. The SMILES string of the molecule is FC(F)(F)c1ccc(-c2cnc3[nH]cc(I)c3c2)cc1. The van der Waals surface area contributed by atoms with E-state index in [1.807, 2.05) is 12.3 Å². The molecule has 0 aliphatic heterocycles. The minimum absolute atomic E-state index is 0.647. The number of hydrogen-bond donors (Lipinski definition) is 1. The number of aromatic amines is 1. The Bertz CT molecular complexity index is 760. The first kappa shape index (κ1) is 13.4. The van der Waals surface area contributed by atoms with E-state index < -0.39 is 11.7 Å². The van der Waals surface area contributed by atoms with E-state index in [1.54, 1.807) is 6.20 Å². The van der Waals surface area contributed by atoms with Crippen LogP contribution in [-0.2, 0) is 6.18 Å². The summed E-state index contributed by atoms with van der Waals surface area (Å²) in [5, 5.41) is 0.961. The van der Waals surface area contributed by atoms with Crippen LogP contribution in [0.2, 0.25) is 0 Å². The van der Waals surface area contributed by atoms with Crippen molar-refractivity contribution in [3.8, 4) is 11.1 Å². The Morgan fingerprint density at radius 1 is 1.05 bits per heavy atom. The second-order valence-corrected chi connectivity index (χ2v) is 5.49. The van der Waals surface area contributed by atoms with Crippen LogP contribution in [0.1, 0.15) is 5.56 Å². The molecule has 3 aromatic rings. The molecule has 0 aliphatic carbocycles. The van der Waals surface area contributed by atoms with Crippen LogP contribution in [0, 0.1) is 3.57 Å². The number of benzene rings is 1. The number of nitrogens with one attached hydrogen (secondary N) is 1. The van der Waals surface area contributed by atoms with Gasteiger partial charge in [0, 0.05) is 26.9 Å². The highest BCUT2D eigenvalue weighted by molar-refractivity contribution is 14.1. The number of halogens is 4. The lowest BCUT2D eigenvalue weighted by Crippen LogP contribution is -2.03. The number of fused-ring (bicyclic) bond motifs is 1. The Hall–Kier alpha value is -1.57. The van der Waals surface area contributed by atoms with Gasteiger partial charge in [0.15, 0.2) is 0 Å². The summed E-state index contributed by atoms with van der Waals surface area (Å²) < 4.78 is 38.6. The van der Waals surface area contributed by atoms with Crippen LogP contribution in [0.5, 0.6) is 0 Å². The molecule has 2 aromatic heterocycles. The molecular formula is C14H8F3IN2. The van der Waals surface area contributed by atoms with E-state index in [2.05, 4.69) is 32.6 Å². The van der Waals surface area contributed by atoms with Gasteiger partial charge in [-0.3, -0.25) is 0 Å². The van der Waals surface area contributed by atoms with Crippen LogP contribution in [0.25, 0.3) is 22.2 Å². The van der Waals surface area contributed by atoms with Crippen LogP contribution >= 0.6 is 22.6 Å². The molecule has 1 aromatic carbocycles. The van der Waals surface area contributed by atoms with Gasteiger partial charge in [0.25, 0.3) is 0 Å². The zero-order valence-corrected chi connectivity index (χ0v) is 12.2. The Balaban J connectivity index is 2.04. The minimum atomic E-state index is -4.31. The van der Waals surface area contributed by atoms with Crippen LogP contribution in [0.4, 0.5) is 13.2 Å². The van der Waals surface area contributed by atoms with Crippen molar-refractivity contribution in [3.63, 3.8) is 0 Å². The lowest BCUT2D eigenvalue weighted by molar-refractivity contribution is -0.137. The fourth-order valence-electron chi connectivity index (χ4n) is 1.98. The van der Waals surface area contributed by atoms with Gasteiger partial charge in [0.1, 0.15) is 5.65 Å². The van der Waals surface area contributed by atoms with Gasteiger partial charge in [-0.25, -0.2) is 4.98 Å². The number of H-pyrrole nitrogens is 1. The van der Waals surface area contributed by atoms with E-state index in [-0.39, 0.29) is 0 Å². The molecule has 2 heterocycles. The lowest BCUT2D eigenvalue weighted by Gasteiger charge is -2.07. The van der Waals surface area contributed by atoms with Crippen LogP contribution < -0.4 is 0 Å². The Kier molecular flexibility index (Phi) is 3.19. The third kappa shape index (κ3) is 2.39. The summed E-state index contributed by atoms with van der Waals surface area (Å²) in [5.41, 5.74) is 1.63. The highest BCUT2D eigenvalue weighted by atomic mass is 127. The van der Waals surface area contributed by atoms with Gasteiger partial charge < -0.3 is 4.98 Å². The summed E-state index contributed by atoms with van der Waals surface area (Å²) in [7, 11) is 0. The standard InChI is InChI=1S/C14H8F3IN2/c15-14(16,17)10-3-1-8(2-4-10)9-5-11-12(18)7-20-13(11)19-6-9/h1-7H,(H,19,20). The fraction of sp³-hybridized carbons (Fsp3) is 0.0714. The minimum Gasteiger partial charge on any atom is -0.345 e. The maximum atomic E-state index is 12.5. The van der Waals surface area contributed by atoms with Gasteiger partial charge in [-0.1, -0.05) is 12.1 Å². The van der Waals surface area contributed by atoms with Crippen molar-refractivity contribution in [2.45, 2.75) is 6.18 Å². The van der Waals surface area contributed by atoms with Gasteiger partial charge in [0.05, 0.1) is 5.56 Å². The normalized spacial score (nSPS) is 12.0. The van der Waals surface area contributed by atoms with Gasteiger partial charge in [0.2, 0.25) is 0 Å². The molecule has 0 radical (unpaired) electrons. The molecule has 0 fully saturated rings. The second kappa shape index (κ2) is 4.76. The van der Waals surface area contributed by atoms with Gasteiger partial charge >= 0.3 is 6.18 Å². The summed E-state index contributed by atoms with van der Waals surface area (Å²) in [4.78, 5) is 7.30. The van der Waals surface area contributed by atoms with Crippen molar-refractivity contribution in [2.75, 3.05) is 0 Å². The molecule has 0 spiro atoms. The predicted octanol–water partition coefficient (Wildman–Crippen LogP) is 4.85. The van der Waals surface area contributed by atoms with E-state index in [9.17, 15) is 13.2 Å². The molecule has 20 heavy (non-hydrogen) atoms. The zero-order chi connectivity index (χ0) is 14.3. The van der Waals surface area contributed by atoms with E-state index >= 15 is 0 Å². The maximum Gasteiger partial charge on any atom is 0.416 e. The second-order valence-electron chi connectivity index (χ2n) is 4.33. The quantitative estimate of drug-likeness (QED) is 0.593. The molecule has 0 saturated carbocycles. The topological polar surface area (TPSA) is 28.7 Å². The molecule has 3 rings (SSSR count). The van der Waals surface area contributed by atoms with Crippen molar-refractivity contribution < 1.29 is 13.2 Å². The van der Waals surface area contributed by atoms with Crippen molar-refractivity contribution in [3.05, 3.63) is 51.9 Å². The number of rotatable bonds is 1. The average Bonchev–Trinajstić information content (AvgIpc) is 2.79. The monoisotopic (exact) mass is 388 g/mol. The molecule has 6 heteroatoms. The van der Waals surface area contributed by atoms with Gasteiger partial charge in [-0.15, -0.1) is 0 Å². The van der Waals surface area contributed by atoms with E-state index in [1.165, 1.54) is 12.1 Å². The van der Waals surface area contributed by atoms with E-state index in [0.717, 1.165) is 32.3 Å². The predicted molar refractivity (Wildman–Crippen MR) is 79.2 cm³/mol. The molecule has 0 unspecified atom stereocenters. The number of aromatic nitrogens is 2. The average molecular weight is 388 g/mol. The van der Waals surface area contributed by atoms with Crippen molar-refractivity contribution >= 4 is 33.6 Å². The number of pyridine rings is 1. The van der Waals surface area contributed by atoms with Crippen LogP contribution in [-0.4, -0.2) is 9.97 Å². The number of hydrogen-bond acceptors (Lipinski definition) is 1. The summed E-state index contributed by atoms with van der Waals surface area (Å²) in [6.07, 6.45) is -0.816. The summed E-state index contributed by atoms with van der Waals surface area (Å²) in [6.45, 7) is 0. The summed E-state index contributed by atoms with van der Waals surface area (Å²) >= 11 is 2.19. The van der Waals surface area contributed by atoms with Crippen molar-refractivity contribution in [1.29, 1.82) is 0 Å². The molecule has 1 N–H and O–H groups in total. The maximum absolute atomic E-state index is 12.5. The Morgan fingerprint density at radius 2 is 1.75 bits per heavy atom. The number of nitrogens with zero attached hydrogens (tertiary/aromatic N) is 1. The third-order valence-electron chi connectivity index (χ3n) is 3.03. The molecule has 0 aliphatic rings. The van der Waals surface area contributed by atoms with Crippen molar-refractivity contribution in [1.82, 2.24) is 9.97 Å².